The lowest BCUT2D eigenvalue weighted by molar-refractivity contribution is 0.311. The lowest BCUT2D eigenvalue weighted by Crippen LogP contribution is -2.08. The fourth-order valence-electron chi connectivity index (χ4n) is 1.88. The lowest BCUT2D eigenvalue weighted by Gasteiger charge is -2.07. The molecule has 0 saturated carbocycles. The molecule has 0 atom stereocenters. The van der Waals surface area contributed by atoms with Gasteiger partial charge in [-0.05, 0) is 19.1 Å². The number of benzene rings is 1. The second kappa shape index (κ2) is 5.12. The summed E-state index contributed by atoms with van der Waals surface area (Å²) in [5.41, 5.74) is 1.82. The first-order valence-corrected chi connectivity index (χ1v) is 6.31. The van der Waals surface area contributed by atoms with Gasteiger partial charge in [0.15, 0.2) is 0 Å². The maximum Gasteiger partial charge on any atom is 0.323 e. The van der Waals surface area contributed by atoms with Gasteiger partial charge in [-0.3, -0.25) is 4.57 Å². The first kappa shape index (κ1) is 12.3. The van der Waals surface area contributed by atoms with E-state index in [0.717, 1.165) is 11.0 Å². The van der Waals surface area contributed by atoms with Crippen LogP contribution in [0, 0.1) is 0 Å². The van der Waals surface area contributed by atoms with Crippen molar-refractivity contribution in [3.8, 4) is 12.0 Å². The average molecular weight is 270 g/mol. The summed E-state index contributed by atoms with van der Waals surface area (Å²) < 4.78 is 7.17. The molecule has 0 amide bonds. The largest absolute Gasteiger partial charge is 0.464 e. The molecule has 0 aliphatic rings. The van der Waals surface area contributed by atoms with E-state index < -0.39 is 0 Å². The molecule has 20 heavy (non-hydrogen) atoms. The van der Waals surface area contributed by atoms with E-state index in [1.807, 2.05) is 31.2 Å². The highest BCUT2D eigenvalue weighted by Crippen LogP contribution is 2.17. The van der Waals surface area contributed by atoms with Gasteiger partial charge >= 0.3 is 6.01 Å². The van der Waals surface area contributed by atoms with Crippen LogP contribution >= 0.6 is 0 Å². The van der Waals surface area contributed by atoms with Gasteiger partial charge in [0.2, 0.25) is 11.9 Å². The monoisotopic (exact) mass is 270 g/mol. The van der Waals surface area contributed by atoms with Gasteiger partial charge in [0.25, 0.3) is 0 Å². The molecular formula is C13H14N6O. The zero-order chi connectivity index (χ0) is 13.9. The highest BCUT2D eigenvalue weighted by Gasteiger charge is 2.11. The molecule has 0 aliphatic heterocycles. The van der Waals surface area contributed by atoms with Crippen molar-refractivity contribution in [3.05, 3.63) is 30.6 Å². The fraction of sp³-hybridized carbons (Fsp3) is 0.231. The topological polar surface area (TPSA) is 77.8 Å². The molecule has 102 valence electrons. The van der Waals surface area contributed by atoms with E-state index in [1.54, 1.807) is 17.9 Å². The van der Waals surface area contributed by atoms with Gasteiger partial charge in [-0.1, -0.05) is 12.1 Å². The zero-order valence-corrected chi connectivity index (χ0v) is 11.2. The van der Waals surface area contributed by atoms with Crippen LogP contribution in [0.1, 0.15) is 6.92 Å². The number of nitrogens with one attached hydrogen (secondary N) is 1. The van der Waals surface area contributed by atoms with E-state index in [-0.39, 0.29) is 0 Å². The van der Waals surface area contributed by atoms with Gasteiger partial charge in [0, 0.05) is 7.05 Å². The number of hydrogen-bond donors (Lipinski definition) is 1. The van der Waals surface area contributed by atoms with Crippen LogP contribution in [0.4, 0.5) is 5.95 Å². The summed E-state index contributed by atoms with van der Waals surface area (Å²) in [5, 5.41) is 2.90. The van der Waals surface area contributed by atoms with Crippen molar-refractivity contribution < 1.29 is 4.74 Å². The first-order chi connectivity index (χ1) is 9.81. The third kappa shape index (κ3) is 2.13. The van der Waals surface area contributed by atoms with Crippen LogP contribution in [0.15, 0.2) is 30.6 Å². The average Bonchev–Trinajstić information content (AvgIpc) is 2.91. The Hall–Kier alpha value is -2.70. The molecule has 2 aromatic heterocycles. The van der Waals surface area contributed by atoms with Crippen molar-refractivity contribution >= 4 is 17.0 Å². The normalized spacial score (nSPS) is 10.7. The predicted octanol–water partition coefficient (Wildman–Crippen LogP) is 1.65. The van der Waals surface area contributed by atoms with Crippen molar-refractivity contribution in [2.45, 2.75) is 6.92 Å². The van der Waals surface area contributed by atoms with Crippen LogP contribution in [0.25, 0.3) is 17.0 Å². The summed E-state index contributed by atoms with van der Waals surface area (Å²) in [7, 11) is 1.75. The molecule has 0 aliphatic carbocycles. The Labute approximate surface area is 115 Å². The summed E-state index contributed by atoms with van der Waals surface area (Å²) in [4.78, 5) is 17.1. The van der Waals surface area contributed by atoms with Crippen LogP contribution in [-0.2, 0) is 0 Å². The van der Waals surface area contributed by atoms with Crippen molar-refractivity contribution in [2.24, 2.45) is 0 Å². The minimum Gasteiger partial charge on any atom is -0.464 e. The second-order valence-corrected chi connectivity index (χ2v) is 4.03. The summed E-state index contributed by atoms with van der Waals surface area (Å²) in [6.07, 6.45) is 1.69. The van der Waals surface area contributed by atoms with Crippen LogP contribution in [0.5, 0.6) is 6.01 Å². The highest BCUT2D eigenvalue weighted by molar-refractivity contribution is 5.76. The molecule has 2 heterocycles. The SMILES string of the molecule is CCOc1nc(NC)nc(-n2cnc3ccccc32)n1. The Bertz CT molecular complexity index is 739. The van der Waals surface area contributed by atoms with Crippen LogP contribution in [0.3, 0.4) is 0 Å². The van der Waals surface area contributed by atoms with Crippen molar-refractivity contribution in [1.82, 2.24) is 24.5 Å². The van der Waals surface area contributed by atoms with E-state index in [1.165, 1.54) is 0 Å². The maximum absolute atomic E-state index is 5.36. The Morgan fingerprint density at radius 2 is 2.05 bits per heavy atom. The quantitative estimate of drug-likeness (QED) is 0.776. The maximum atomic E-state index is 5.36. The minimum atomic E-state index is 0.291. The molecular weight excluding hydrogens is 256 g/mol. The number of rotatable bonds is 4. The van der Waals surface area contributed by atoms with Crippen molar-refractivity contribution in [1.29, 1.82) is 0 Å². The summed E-state index contributed by atoms with van der Waals surface area (Å²) in [5.74, 6) is 0.928. The molecule has 7 nitrogen and oxygen atoms in total. The molecule has 7 heteroatoms. The van der Waals surface area contributed by atoms with Crippen molar-refractivity contribution in [2.75, 3.05) is 19.0 Å². The summed E-state index contributed by atoms with van der Waals surface area (Å²) >= 11 is 0. The fourth-order valence-corrected chi connectivity index (χ4v) is 1.88. The first-order valence-electron chi connectivity index (χ1n) is 6.31. The molecule has 0 radical (unpaired) electrons. The molecule has 0 unspecified atom stereocenters. The second-order valence-electron chi connectivity index (χ2n) is 4.03. The molecule has 1 N–H and O–H groups in total. The van der Waals surface area contributed by atoms with Gasteiger partial charge < -0.3 is 10.1 Å². The smallest absolute Gasteiger partial charge is 0.323 e. The molecule has 0 fully saturated rings. The Morgan fingerprint density at radius 1 is 1.20 bits per heavy atom. The number of para-hydroxylation sites is 2. The highest BCUT2D eigenvalue weighted by atomic mass is 16.5. The molecule has 0 spiro atoms. The van der Waals surface area contributed by atoms with E-state index in [9.17, 15) is 0 Å². The molecule has 3 aromatic rings. The van der Waals surface area contributed by atoms with E-state index >= 15 is 0 Å². The van der Waals surface area contributed by atoms with Gasteiger partial charge in [0.05, 0.1) is 17.6 Å². The van der Waals surface area contributed by atoms with Crippen molar-refractivity contribution in [3.63, 3.8) is 0 Å². The van der Waals surface area contributed by atoms with Crippen LogP contribution < -0.4 is 10.1 Å². The van der Waals surface area contributed by atoms with Crippen LogP contribution in [0.2, 0.25) is 0 Å². The Kier molecular flexibility index (Phi) is 3.16. The minimum absolute atomic E-state index is 0.291. The number of ether oxygens (including phenoxy) is 1. The number of anilines is 1. The van der Waals surface area contributed by atoms with Gasteiger partial charge in [-0.15, -0.1) is 0 Å². The molecule has 0 bridgehead atoms. The molecule has 3 rings (SSSR count). The standard InChI is InChI=1S/C13H14N6O/c1-3-20-13-17-11(14-2)16-12(18-13)19-8-15-9-6-4-5-7-10(9)19/h4-8H,3H2,1-2H3,(H,14,16,17,18). The summed E-state index contributed by atoms with van der Waals surface area (Å²) in [6, 6.07) is 8.09. The number of imidazole rings is 1. The van der Waals surface area contributed by atoms with E-state index in [2.05, 4.69) is 25.3 Å². The summed E-state index contributed by atoms with van der Waals surface area (Å²) in [6.45, 7) is 2.38. The lowest BCUT2D eigenvalue weighted by atomic mass is 10.3. The van der Waals surface area contributed by atoms with E-state index in [0.29, 0.717) is 24.5 Å². The van der Waals surface area contributed by atoms with Gasteiger partial charge in [0.1, 0.15) is 6.33 Å². The zero-order valence-electron chi connectivity index (χ0n) is 11.2. The van der Waals surface area contributed by atoms with Gasteiger partial charge in [-0.2, -0.15) is 15.0 Å². The van der Waals surface area contributed by atoms with Crippen LogP contribution in [-0.4, -0.2) is 38.2 Å². The van der Waals surface area contributed by atoms with Gasteiger partial charge in [-0.25, -0.2) is 4.98 Å². The number of hydrogen-bond acceptors (Lipinski definition) is 6. The molecule has 1 aromatic carbocycles. The number of nitrogens with zero attached hydrogens (tertiary/aromatic N) is 5. The third-order valence-corrected chi connectivity index (χ3v) is 2.77. The Balaban J connectivity index is 2.15. The predicted molar refractivity (Wildman–Crippen MR) is 75.2 cm³/mol. The third-order valence-electron chi connectivity index (χ3n) is 2.77. The molecule has 0 saturated heterocycles. The number of aromatic nitrogens is 5. The Morgan fingerprint density at radius 3 is 2.85 bits per heavy atom. The van der Waals surface area contributed by atoms with E-state index in [4.69, 9.17) is 4.74 Å². The number of fused-ring (bicyclic) bond motifs is 1.